The summed E-state index contributed by atoms with van der Waals surface area (Å²) in [6.07, 6.45) is 2.07. The van der Waals surface area contributed by atoms with Crippen LogP contribution in [0.25, 0.3) is 0 Å². The van der Waals surface area contributed by atoms with Gasteiger partial charge in [-0.2, -0.15) is 0 Å². The van der Waals surface area contributed by atoms with Crippen molar-refractivity contribution in [2.24, 2.45) is 0 Å². The highest BCUT2D eigenvalue weighted by Gasteiger charge is 2.41. The van der Waals surface area contributed by atoms with Crippen molar-refractivity contribution in [3.8, 4) is 0 Å². The van der Waals surface area contributed by atoms with Crippen LogP contribution in [0.4, 0.5) is 0 Å². The van der Waals surface area contributed by atoms with Gasteiger partial charge < -0.3 is 5.32 Å². The van der Waals surface area contributed by atoms with Crippen molar-refractivity contribution in [3.05, 3.63) is 11.8 Å². The lowest BCUT2D eigenvalue weighted by Gasteiger charge is -2.50. The van der Waals surface area contributed by atoms with Crippen molar-refractivity contribution in [2.75, 3.05) is 6.54 Å². The van der Waals surface area contributed by atoms with E-state index in [2.05, 4.69) is 23.8 Å². The molecule has 0 bridgehead atoms. The van der Waals surface area contributed by atoms with Gasteiger partial charge in [0.1, 0.15) is 5.66 Å². The van der Waals surface area contributed by atoms with E-state index in [1.165, 1.54) is 5.57 Å². The van der Waals surface area contributed by atoms with Crippen LogP contribution in [0.2, 0.25) is 0 Å². The molecule has 0 radical (unpaired) electrons. The third-order valence-electron chi connectivity index (χ3n) is 1.81. The van der Waals surface area contributed by atoms with Crippen molar-refractivity contribution in [1.29, 1.82) is 0 Å². The number of hydrogen-bond acceptors (Lipinski definition) is 2. The fourth-order valence-electron chi connectivity index (χ4n) is 0.948. The highest BCUT2D eigenvalue weighted by atomic mass is 15.3. The zero-order chi connectivity index (χ0) is 4.91. The summed E-state index contributed by atoms with van der Waals surface area (Å²) in [6, 6.07) is 0. The summed E-state index contributed by atoms with van der Waals surface area (Å²) in [6.45, 7) is 3.23. The second-order valence-electron chi connectivity index (χ2n) is 2.29. The van der Waals surface area contributed by atoms with Crippen LogP contribution in [0, 0.1) is 0 Å². The molecule has 2 nitrogen and oxygen atoms in total. The van der Waals surface area contributed by atoms with Crippen LogP contribution >= 0.6 is 0 Å². The standard InChI is InChI=1S/C5H8N2/c1-5-4(2-6-5)3-7-5/h2,6-7H,3H2,1H3/t5-/m0/s1. The molecule has 0 saturated carbocycles. The molecule has 2 heteroatoms. The minimum absolute atomic E-state index is 0.222. The van der Waals surface area contributed by atoms with E-state index >= 15 is 0 Å². The topological polar surface area (TPSA) is 24.1 Å². The summed E-state index contributed by atoms with van der Waals surface area (Å²) in [4.78, 5) is 0. The predicted molar refractivity (Wildman–Crippen MR) is 27.6 cm³/mol. The van der Waals surface area contributed by atoms with Gasteiger partial charge in [0.25, 0.3) is 0 Å². The van der Waals surface area contributed by atoms with Crippen molar-refractivity contribution in [1.82, 2.24) is 10.6 Å². The Balaban J connectivity index is 2.34. The third-order valence-corrected chi connectivity index (χ3v) is 1.81. The summed E-state index contributed by atoms with van der Waals surface area (Å²) in [5.41, 5.74) is 1.73. The lowest BCUT2D eigenvalue weighted by atomic mass is 9.88. The molecule has 1 fully saturated rings. The molecule has 2 N–H and O–H groups in total. The minimum Gasteiger partial charge on any atom is -0.370 e. The van der Waals surface area contributed by atoms with Gasteiger partial charge in [0, 0.05) is 12.7 Å². The summed E-state index contributed by atoms with van der Waals surface area (Å²) in [5.74, 6) is 0. The van der Waals surface area contributed by atoms with Gasteiger partial charge in [0.15, 0.2) is 0 Å². The molecule has 1 atom stereocenters. The Morgan fingerprint density at radius 2 is 2.57 bits per heavy atom. The Bertz CT molecular complexity index is 139. The molecule has 2 aliphatic heterocycles. The molecule has 38 valence electrons. The third kappa shape index (κ3) is 0.220. The average molecular weight is 96.1 g/mol. The quantitative estimate of drug-likeness (QED) is 0.436. The van der Waals surface area contributed by atoms with Crippen LogP contribution in [0.5, 0.6) is 0 Å². The average Bonchev–Trinajstić information content (AvgIpc) is 1.67. The lowest BCUT2D eigenvalue weighted by molar-refractivity contribution is 0.253. The molecule has 0 aromatic carbocycles. The van der Waals surface area contributed by atoms with Crippen molar-refractivity contribution >= 4 is 0 Å². The van der Waals surface area contributed by atoms with Gasteiger partial charge in [0.05, 0.1) is 0 Å². The summed E-state index contributed by atoms with van der Waals surface area (Å²) < 4.78 is 0. The van der Waals surface area contributed by atoms with Crippen LogP contribution in [-0.4, -0.2) is 12.2 Å². The predicted octanol–water partition coefficient (Wildman–Crippen LogP) is -0.207. The van der Waals surface area contributed by atoms with Crippen molar-refractivity contribution in [2.45, 2.75) is 12.6 Å². The molecule has 2 heterocycles. The van der Waals surface area contributed by atoms with Gasteiger partial charge >= 0.3 is 0 Å². The summed E-state index contributed by atoms with van der Waals surface area (Å²) in [5, 5.41) is 6.39. The molecular formula is C5H8N2. The second kappa shape index (κ2) is 0.713. The molecule has 0 amide bonds. The van der Waals surface area contributed by atoms with Gasteiger partial charge in [-0.15, -0.1) is 0 Å². The maximum absolute atomic E-state index is 3.24. The van der Waals surface area contributed by atoms with Crippen LogP contribution in [0.3, 0.4) is 0 Å². The summed E-state index contributed by atoms with van der Waals surface area (Å²) >= 11 is 0. The Morgan fingerprint density at radius 3 is 2.57 bits per heavy atom. The smallest absolute Gasteiger partial charge is 0.110 e. The van der Waals surface area contributed by atoms with E-state index in [4.69, 9.17) is 0 Å². The Kier molecular flexibility index (Phi) is 0.356. The molecular weight excluding hydrogens is 88.1 g/mol. The van der Waals surface area contributed by atoms with E-state index in [-0.39, 0.29) is 5.66 Å². The van der Waals surface area contributed by atoms with Gasteiger partial charge in [-0.1, -0.05) is 0 Å². The molecule has 0 aliphatic carbocycles. The lowest BCUT2D eigenvalue weighted by Crippen LogP contribution is -2.70. The SMILES string of the molecule is C[C@@]12NC=C1CN2. The van der Waals surface area contributed by atoms with Gasteiger partial charge in [-0.05, 0) is 12.5 Å². The molecule has 0 aromatic rings. The largest absolute Gasteiger partial charge is 0.370 e. The zero-order valence-electron chi connectivity index (χ0n) is 4.28. The van der Waals surface area contributed by atoms with Crippen LogP contribution in [0.15, 0.2) is 11.8 Å². The first kappa shape index (κ1) is 3.50. The molecule has 0 aromatic heterocycles. The first-order valence-electron chi connectivity index (χ1n) is 2.53. The van der Waals surface area contributed by atoms with Gasteiger partial charge in [-0.3, -0.25) is 5.32 Å². The van der Waals surface area contributed by atoms with E-state index in [0.29, 0.717) is 0 Å². The highest BCUT2D eigenvalue weighted by molar-refractivity contribution is 5.36. The van der Waals surface area contributed by atoms with E-state index in [0.717, 1.165) is 6.54 Å². The fourth-order valence-corrected chi connectivity index (χ4v) is 0.948. The molecule has 7 heavy (non-hydrogen) atoms. The van der Waals surface area contributed by atoms with E-state index in [1.807, 2.05) is 0 Å². The van der Waals surface area contributed by atoms with Gasteiger partial charge in [-0.25, -0.2) is 0 Å². The molecule has 1 saturated heterocycles. The maximum Gasteiger partial charge on any atom is 0.110 e. The zero-order valence-corrected chi connectivity index (χ0v) is 4.28. The Hall–Kier alpha value is -0.500. The van der Waals surface area contributed by atoms with E-state index in [1.54, 1.807) is 0 Å². The van der Waals surface area contributed by atoms with Gasteiger partial charge in [0.2, 0.25) is 0 Å². The normalized spacial score (nSPS) is 44.4. The monoisotopic (exact) mass is 96.1 g/mol. The number of fused-ring (bicyclic) bond motifs is 1. The number of nitrogens with one attached hydrogen (secondary N) is 2. The number of rotatable bonds is 0. The number of hydrogen-bond donors (Lipinski definition) is 2. The second-order valence-corrected chi connectivity index (χ2v) is 2.29. The minimum atomic E-state index is 0.222. The van der Waals surface area contributed by atoms with E-state index < -0.39 is 0 Å². The fraction of sp³-hybridized carbons (Fsp3) is 0.600. The molecule has 2 rings (SSSR count). The van der Waals surface area contributed by atoms with Crippen molar-refractivity contribution < 1.29 is 0 Å². The Morgan fingerprint density at radius 1 is 1.86 bits per heavy atom. The highest BCUT2D eigenvalue weighted by Crippen LogP contribution is 2.27. The Labute approximate surface area is 42.6 Å². The maximum atomic E-state index is 3.24. The van der Waals surface area contributed by atoms with Crippen LogP contribution in [-0.2, 0) is 0 Å². The molecule has 0 unspecified atom stereocenters. The first-order chi connectivity index (χ1) is 3.31. The van der Waals surface area contributed by atoms with Crippen LogP contribution < -0.4 is 10.6 Å². The molecule has 0 spiro atoms. The molecule has 2 aliphatic rings. The first-order valence-corrected chi connectivity index (χ1v) is 2.53. The van der Waals surface area contributed by atoms with Crippen molar-refractivity contribution in [3.63, 3.8) is 0 Å². The van der Waals surface area contributed by atoms with E-state index in [9.17, 15) is 0 Å². The van der Waals surface area contributed by atoms with Crippen LogP contribution in [0.1, 0.15) is 6.92 Å². The summed E-state index contributed by atoms with van der Waals surface area (Å²) in [7, 11) is 0.